The topological polar surface area (TPSA) is 58.6 Å². The van der Waals surface area contributed by atoms with E-state index in [1.165, 1.54) is 0 Å². The van der Waals surface area contributed by atoms with Crippen molar-refractivity contribution in [3.05, 3.63) is 34.9 Å². The minimum Gasteiger partial charge on any atom is -0.449 e. The summed E-state index contributed by atoms with van der Waals surface area (Å²) in [7, 11) is 0. The molecule has 0 unspecified atom stereocenters. The molecule has 0 radical (unpaired) electrons. The first-order valence-corrected chi connectivity index (χ1v) is 8.94. The molecule has 0 saturated carbocycles. The Labute approximate surface area is 148 Å². The molecule has 5 nitrogen and oxygen atoms in total. The summed E-state index contributed by atoms with van der Waals surface area (Å²) < 4.78 is 5.26. The molecular formula is C18H25ClN2O3. The second-order valence-electron chi connectivity index (χ2n) is 6.11. The third kappa shape index (κ3) is 5.41. The average Bonchev–Trinajstić information content (AvgIpc) is 2.60. The molecule has 132 valence electrons. The van der Waals surface area contributed by atoms with Gasteiger partial charge in [0.05, 0.1) is 17.2 Å². The Bertz CT molecular complexity index is 565. The molecule has 1 aromatic carbocycles. The number of amides is 2. The molecule has 0 spiro atoms. The van der Waals surface area contributed by atoms with Gasteiger partial charge in [-0.2, -0.15) is 0 Å². The predicted octanol–water partition coefficient (Wildman–Crippen LogP) is 3.72. The molecule has 1 heterocycles. The van der Waals surface area contributed by atoms with Gasteiger partial charge in [0.2, 0.25) is 0 Å². The van der Waals surface area contributed by atoms with Crippen LogP contribution in [0.15, 0.2) is 24.3 Å². The van der Waals surface area contributed by atoms with E-state index >= 15 is 0 Å². The van der Waals surface area contributed by atoms with Crippen molar-refractivity contribution < 1.29 is 14.3 Å². The summed E-state index contributed by atoms with van der Waals surface area (Å²) in [5.41, 5.74) is 0.478. The quantitative estimate of drug-likeness (QED) is 0.794. The monoisotopic (exact) mass is 352 g/mol. The molecule has 2 rings (SSSR count). The van der Waals surface area contributed by atoms with Crippen LogP contribution in [0.25, 0.3) is 0 Å². The fourth-order valence-electron chi connectivity index (χ4n) is 2.77. The molecule has 0 aliphatic carbocycles. The van der Waals surface area contributed by atoms with E-state index in [1.807, 2.05) is 0 Å². The van der Waals surface area contributed by atoms with E-state index in [1.54, 1.807) is 29.2 Å². The maximum atomic E-state index is 12.2. The number of nitrogens with zero attached hydrogens (tertiary/aromatic N) is 1. The Kier molecular flexibility index (Phi) is 7.37. The summed E-state index contributed by atoms with van der Waals surface area (Å²) in [6, 6.07) is 6.98. The highest BCUT2D eigenvalue weighted by Gasteiger charge is 2.25. The molecule has 1 fully saturated rings. The number of hydrogen-bond acceptors (Lipinski definition) is 3. The smallest absolute Gasteiger partial charge is 0.409 e. The van der Waals surface area contributed by atoms with Gasteiger partial charge in [0.15, 0.2) is 0 Å². The molecular weight excluding hydrogens is 328 g/mol. The van der Waals surface area contributed by atoms with Crippen LogP contribution in [0.2, 0.25) is 5.02 Å². The number of piperidine rings is 1. The van der Waals surface area contributed by atoms with Gasteiger partial charge in [0, 0.05) is 19.6 Å². The van der Waals surface area contributed by atoms with Gasteiger partial charge in [-0.3, -0.25) is 4.79 Å². The molecule has 24 heavy (non-hydrogen) atoms. The standard InChI is InChI=1S/C18H25ClN2O3/c1-2-3-11-24-18(23)21-10-6-7-14(13-21)12-20-17(22)15-8-4-5-9-16(15)19/h4-5,8-9,14H,2-3,6-7,10-13H2,1H3,(H,20,22)/t14-/m1/s1. The molecule has 0 aromatic heterocycles. The minimum atomic E-state index is -0.245. The van der Waals surface area contributed by atoms with E-state index in [0.717, 1.165) is 32.2 Å². The first-order valence-electron chi connectivity index (χ1n) is 8.56. The molecule has 1 N–H and O–H groups in total. The van der Waals surface area contributed by atoms with Crippen molar-refractivity contribution in [2.45, 2.75) is 32.6 Å². The second-order valence-corrected chi connectivity index (χ2v) is 6.52. The van der Waals surface area contributed by atoms with Crippen LogP contribution in [0.5, 0.6) is 0 Å². The number of hydrogen-bond donors (Lipinski definition) is 1. The number of carbonyl (C=O) groups is 2. The van der Waals surface area contributed by atoms with E-state index < -0.39 is 0 Å². The Morgan fingerprint density at radius 1 is 1.38 bits per heavy atom. The van der Waals surface area contributed by atoms with Gasteiger partial charge < -0.3 is 15.0 Å². The molecule has 6 heteroatoms. The van der Waals surface area contributed by atoms with Crippen LogP contribution in [0.3, 0.4) is 0 Å². The number of nitrogens with one attached hydrogen (secondary N) is 1. The lowest BCUT2D eigenvalue weighted by Crippen LogP contribution is -2.44. The molecule has 1 atom stereocenters. The van der Waals surface area contributed by atoms with Gasteiger partial charge in [0.1, 0.15) is 0 Å². The highest BCUT2D eigenvalue weighted by Crippen LogP contribution is 2.18. The van der Waals surface area contributed by atoms with Crippen molar-refractivity contribution >= 4 is 23.6 Å². The summed E-state index contributed by atoms with van der Waals surface area (Å²) in [5, 5.41) is 3.36. The molecule has 1 aliphatic heterocycles. The van der Waals surface area contributed by atoms with Crippen LogP contribution in [0.4, 0.5) is 4.79 Å². The van der Waals surface area contributed by atoms with Gasteiger partial charge in [-0.1, -0.05) is 37.1 Å². The summed E-state index contributed by atoms with van der Waals surface area (Å²) in [4.78, 5) is 26.0. The highest BCUT2D eigenvalue weighted by molar-refractivity contribution is 6.33. The summed E-state index contributed by atoms with van der Waals surface area (Å²) in [6.07, 6.45) is 3.56. The number of unbranched alkanes of at least 4 members (excludes halogenated alkanes) is 1. The predicted molar refractivity (Wildman–Crippen MR) is 94.3 cm³/mol. The fraction of sp³-hybridized carbons (Fsp3) is 0.556. The van der Waals surface area contributed by atoms with Gasteiger partial charge in [0.25, 0.3) is 5.91 Å². The minimum absolute atomic E-state index is 0.178. The Hall–Kier alpha value is -1.75. The molecule has 2 amide bonds. The lowest BCUT2D eigenvalue weighted by Gasteiger charge is -2.32. The van der Waals surface area contributed by atoms with Crippen molar-refractivity contribution in [3.8, 4) is 0 Å². The van der Waals surface area contributed by atoms with Crippen LogP contribution in [0, 0.1) is 5.92 Å². The largest absolute Gasteiger partial charge is 0.449 e. The normalized spacial score (nSPS) is 17.4. The summed E-state index contributed by atoms with van der Waals surface area (Å²) in [5.74, 6) is 0.0622. The van der Waals surface area contributed by atoms with E-state index in [-0.39, 0.29) is 17.9 Å². The van der Waals surface area contributed by atoms with Gasteiger partial charge in [-0.05, 0) is 37.3 Å². The third-order valence-electron chi connectivity index (χ3n) is 4.17. The van der Waals surface area contributed by atoms with Gasteiger partial charge in [-0.15, -0.1) is 0 Å². The zero-order chi connectivity index (χ0) is 17.4. The number of halogens is 1. The second kappa shape index (κ2) is 9.52. The fourth-order valence-corrected chi connectivity index (χ4v) is 2.99. The van der Waals surface area contributed by atoms with Crippen molar-refractivity contribution in [2.24, 2.45) is 5.92 Å². The third-order valence-corrected chi connectivity index (χ3v) is 4.50. The van der Waals surface area contributed by atoms with E-state index in [0.29, 0.717) is 30.3 Å². The van der Waals surface area contributed by atoms with Crippen molar-refractivity contribution in [1.29, 1.82) is 0 Å². The van der Waals surface area contributed by atoms with Gasteiger partial charge >= 0.3 is 6.09 Å². The number of ether oxygens (including phenoxy) is 1. The summed E-state index contributed by atoms with van der Waals surface area (Å²) >= 11 is 6.04. The highest BCUT2D eigenvalue weighted by atomic mass is 35.5. The van der Waals surface area contributed by atoms with Gasteiger partial charge in [-0.25, -0.2) is 4.79 Å². The van der Waals surface area contributed by atoms with Crippen LogP contribution in [-0.4, -0.2) is 43.1 Å². The van der Waals surface area contributed by atoms with E-state index in [4.69, 9.17) is 16.3 Å². The maximum absolute atomic E-state index is 12.2. The van der Waals surface area contributed by atoms with Crippen LogP contribution < -0.4 is 5.32 Å². The van der Waals surface area contributed by atoms with Crippen molar-refractivity contribution in [2.75, 3.05) is 26.2 Å². The molecule has 0 bridgehead atoms. The molecule has 1 aromatic rings. The lowest BCUT2D eigenvalue weighted by molar-refractivity contribution is 0.0813. The van der Waals surface area contributed by atoms with Crippen LogP contribution in [-0.2, 0) is 4.74 Å². The number of benzene rings is 1. The van der Waals surface area contributed by atoms with Crippen molar-refractivity contribution in [1.82, 2.24) is 10.2 Å². The first-order chi connectivity index (χ1) is 11.6. The molecule has 1 aliphatic rings. The zero-order valence-electron chi connectivity index (χ0n) is 14.1. The summed E-state index contributed by atoms with van der Waals surface area (Å²) in [6.45, 7) is 4.41. The van der Waals surface area contributed by atoms with Crippen molar-refractivity contribution in [3.63, 3.8) is 0 Å². The maximum Gasteiger partial charge on any atom is 0.409 e. The van der Waals surface area contributed by atoms with Crippen LogP contribution >= 0.6 is 11.6 Å². The van der Waals surface area contributed by atoms with E-state index in [2.05, 4.69) is 12.2 Å². The van der Waals surface area contributed by atoms with Crippen LogP contribution in [0.1, 0.15) is 43.0 Å². The number of carbonyl (C=O) groups excluding carboxylic acids is 2. The average molecular weight is 353 g/mol. The Morgan fingerprint density at radius 3 is 2.92 bits per heavy atom. The zero-order valence-corrected chi connectivity index (χ0v) is 14.8. The number of likely N-dealkylation sites (tertiary alicyclic amines) is 1. The SMILES string of the molecule is CCCCOC(=O)N1CCC[C@H](CNC(=O)c2ccccc2Cl)C1. The first kappa shape index (κ1) is 18.6. The lowest BCUT2D eigenvalue weighted by atomic mass is 9.98. The Balaban J connectivity index is 1.79. The molecule has 1 saturated heterocycles. The Morgan fingerprint density at radius 2 is 2.17 bits per heavy atom. The van der Waals surface area contributed by atoms with E-state index in [9.17, 15) is 9.59 Å². The number of rotatable bonds is 6.